The van der Waals surface area contributed by atoms with E-state index in [1.165, 1.54) is 0 Å². The summed E-state index contributed by atoms with van der Waals surface area (Å²) < 4.78 is 0. The molecule has 0 aromatic heterocycles. The van der Waals surface area contributed by atoms with Crippen LogP contribution in [0.3, 0.4) is 0 Å². The molecular weight excluding hydrogens is 342 g/mol. The van der Waals surface area contributed by atoms with Crippen molar-refractivity contribution in [3.8, 4) is 0 Å². The second-order valence-electron chi connectivity index (χ2n) is 5.41. The van der Waals surface area contributed by atoms with E-state index in [2.05, 4.69) is 10.0 Å². The number of carboxylic acids is 1. The van der Waals surface area contributed by atoms with Gasteiger partial charge in [-0.3, -0.25) is 4.79 Å². The van der Waals surface area contributed by atoms with Crippen molar-refractivity contribution in [1.82, 2.24) is 0 Å². The predicted octanol–water partition coefficient (Wildman–Crippen LogP) is 2.97. The molecule has 1 aromatic carbocycles. The Labute approximate surface area is 141 Å². The first-order valence-corrected chi connectivity index (χ1v) is 8.31. The summed E-state index contributed by atoms with van der Waals surface area (Å²) in [6.45, 7) is 0. The summed E-state index contributed by atoms with van der Waals surface area (Å²) in [6.07, 6.45) is 0.585. The molecule has 23 heavy (non-hydrogen) atoms. The normalized spacial score (nSPS) is 22.7. The highest BCUT2D eigenvalue weighted by atomic mass is 35.5. The summed E-state index contributed by atoms with van der Waals surface area (Å²) in [6, 6.07) is 5.27. The molecule has 1 heterocycles. The third-order valence-electron chi connectivity index (χ3n) is 3.88. The topological polar surface area (TPSA) is 127 Å². The molecule has 0 bridgehead atoms. The summed E-state index contributed by atoms with van der Waals surface area (Å²) >= 11 is 6.88. The molecule has 0 aliphatic carbocycles. The fraction of sp³-hybridized carbons (Fsp3) is 0.500. The van der Waals surface area contributed by atoms with Crippen molar-refractivity contribution in [2.24, 2.45) is 11.0 Å². The average molecular weight is 358 g/mol. The number of carbonyl (C=O) groups is 1. The van der Waals surface area contributed by atoms with Gasteiger partial charge in [0, 0.05) is 22.3 Å². The zero-order valence-corrected chi connectivity index (χ0v) is 13.6. The molecule has 7 nitrogen and oxygen atoms in total. The van der Waals surface area contributed by atoms with Crippen LogP contribution in [0.5, 0.6) is 0 Å². The van der Waals surface area contributed by atoms with Crippen LogP contribution < -0.4 is 0 Å². The van der Waals surface area contributed by atoms with Gasteiger partial charge in [-0.1, -0.05) is 40.6 Å². The van der Waals surface area contributed by atoms with Gasteiger partial charge >= 0.3 is 5.97 Å². The van der Waals surface area contributed by atoms with Gasteiger partial charge in [0.1, 0.15) is 6.04 Å². The molecule has 1 aromatic rings. The van der Waals surface area contributed by atoms with Crippen LogP contribution in [0.4, 0.5) is 0 Å². The molecule has 124 valence electrons. The van der Waals surface area contributed by atoms with Crippen LogP contribution in [0.25, 0.3) is 10.4 Å². The summed E-state index contributed by atoms with van der Waals surface area (Å²) in [5.74, 6) is -1.79. The van der Waals surface area contributed by atoms with E-state index < -0.39 is 23.0 Å². The second kappa shape index (κ2) is 7.42. The fourth-order valence-corrected chi connectivity index (χ4v) is 4.12. The van der Waals surface area contributed by atoms with Gasteiger partial charge in [0.2, 0.25) is 5.12 Å². The third-order valence-corrected chi connectivity index (χ3v) is 5.20. The molecule has 0 spiro atoms. The number of aliphatic carboxylic acids is 1. The van der Waals surface area contributed by atoms with E-state index in [9.17, 15) is 20.1 Å². The van der Waals surface area contributed by atoms with E-state index in [-0.39, 0.29) is 12.3 Å². The number of nitrogens with zero attached hydrogens (tertiary/aromatic N) is 3. The first kappa shape index (κ1) is 17.9. The van der Waals surface area contributed by atoms with Gasteiger partial charge in [-0.15, -0.1) is 0 Å². The first-order valence-electron chi connectivity index (χ1n) is 6.95. The highest BCUT2D eigenvalue weighted by Crippen LogP contribution is 2.44. The van der Waals surface area contributed by atoms with Crippen LogP contribution in [0.2, 0.25) is 5.02 Å². The minimum absolute atomic E-state index is 0.00428. The molecule has 1 unspecified atom stereocenters. The van der Waals surface area contributed by atoms with Gasteiger partial charge in [-0.2, -0.15) is 0 Å². The Kier molecular flexibility index (Phi) is 5.78. The van der Waals surface area contributed by atoms with E-state index in [0.717, 1.165) is 11.8 Å². The van der Waals surface area contributed by atoms with Crippen LogP contribution in [-0.4, -0.2) is 38.2 Å². The second-order valence-corrected chi connectivity index (χ2v) is 7.20. The summed E-state index contributed by atoms with van der Waals surface area (Å²) in [4.78, 5) is 14.2. The lowest BCUT2D eigenvalue weighted by Crippen LogP contribution is -2.39. The highest BCUT2D eigenvalue weighted by molar-refractivity contribution is 8.00. The van der Waals surface area contributed by atoms with Crippen molar-refractivity contribution < 1.29 is 20.1 Å². The van der Waals surface area contributed by atoms with E-state index in [1.807, 2.05) is 0 Å². The molecular formula is C14H16ClN3O4S. The standard InChI is InChI=1S/C14H16ClN3O4S/c15-10-3-1-8(2-4-10)11(12(13(19)20)17-18-16)9-5-6-23-14(21,22)7-9/h1-4,9,11-12,21-22H,5-7H2,(H,19,20)/t9?,11-,12-/m0/s1. The van der Waals surface area contributed by atoms with Crippen molar-refractivity contribution in [3.63, 3.8) is 0 Å². The van der Waals surface area contributed by atoms with Crippen LogP contribution in [0.1, 0.15) is 24.3 Å². The van der Waals surface area contributed by atoms with Crippen LogP contribution >= 0.6 is 23.4 Å². The molecule has 0 amide bonds. The first-order chi connectivity index (χ1) is 10.8. The summed E-state index contributed by atoms with van der Waals surface area (Å²) in [7, 11) is 0. The van der Waals surface area contributed by atoms with Gasteiger partial charge in [-0.05, 0) is 41.3 Å². The molecule has 1 aliphatic rings. The minimum Gasteiger partial charge on any atom is -0.481 e. The molecule has 1 saturated heterocycles. The maximum atomic E-state index is 11.6. The molecule has 3 atom stereocenters. The Morgan fingerprint density at radius 3 is 2.61 bits per heavy atom. The predicted molar refractivity (Wildman–Crippen MR) is 87.1 cm³/mol. The lowest BCUT2D eigenvalue weighted by atomic mass is 9.77. The van der Waals surface area contributed by atoms with Crippen LogP contribution in [0.15, 0.2) is 29.4 Å². The van der Waals surface area contributed by atoms with E-state index in [1.54, 1.807) is 24.3 Å². The number of aliphatic hydroxyl groups is 2. The zero-order valence-electron chi connectivity index (χ0n) is 12.0. The van der Waals surface area contributed by atoms with E-state index >= 15 is 0 Å². The van der Waals surface area contributed by atoms with Gasteiger partial charge in [0.25, 0.3) is 0 Å². The Hall–Kier alpha value is -1.44. The number of benzene rings is 1. The zero-order chi connectivity index (χ0) is 17.0. The highest BCUT2D eigenvalue weighted by Gasteiger charge is 2.42. The van der Waals surface area contributed by atoms with Crippen molar-refractivity contribution in [1.29, 1.82) is 0 Å². The molecule has 3 N–H and O–H groups in total. The summed E-state index contributed by atoms with van der Waals surface area (Å²) in [5.41, 5.74) is 9.34. The van der Waals surface area contributed by atoms with Crippen molar-refractivity contribution in [2.45, 2.75) is 29.9 Å². The minimum atomic E-state index is -1.91. The largest absolute Gasteiger partial charge is 0.481 e. The Morgan fingerprint density at radius 1 is 1.43 bits per heavy atom. The lowest BCUT2D eigenvalue weighted by molar-refractivity contribution is -0.140. The SMILES string of the molecule is [N-]=[N+]=N[C@H](C(=O)O)[C@@H](c1ccc(Cl)cc1)C1CCSC(O)(O)C1. The Bertz CT molecular complexity index is 617. The molecule has 0 radical (unpaired) electrons. The van der Waals surface area contributed by atoms with Crippen LogP contribution in [-0.2, 0) is 4.79 Å². The maximum Gasteiger partial charge on any atom is 0.313 e. The molecule has 1 aliphatic heterocycles. The van der Waals surface area contributed by atoms with Gasteiger partial charge in [0.15, 0.2) is 0 Å². The quantitative estimate of drug-likeness (QED) is 0.323. The van der Waals surface area contributed by atoms with Gasteiger partial charge in [-0.25, -0.2) is 0 Å². The van der Waals surface area contributed by atoms with Crippen molar-refractivity contribution >= 4 is 29.3 Å². The number of thioether (sulfide) groups is 1. The number of carboxylic acid groups (broad SMARTS) is 1. The van der Waals surface area contributed by atoms with Gasteiger partial charge < -0.3 is 15.3 Å². The van der Waals surface area contributed by atoms with E-state index in [4.69, 9.17) is 17.1 Å². The Morgan fingerprint density at radius 2 is 2.09 bits per heavy atom. The maximum absolute atomic E-state index is 11.6. The number of rotatable bonds is 5. The van der Waals surface area contributed by atoms with Crippen molar-refractivity contribution in [2.75, 3.05) is 5.75 Å². The third kappa shape index (κ3) is 4.53. The van der Waals surface area contributed by atoms with Gasteiger partial charge in [0.05, 0.1) is 0 Å². The fourth-order valence-electron chi connectivity index (χ4n) is 2.91. The Balaban J connectivity index is 2.43. The smallest absolute Gasteiger partial charge is 0.313 e. The number of halogens is 1. The monoisotopic (exact) mass is 357 g/mol. The molecule has 9 heteroatoms. The number of azide groups is 1. The molecule has 0 saturated carbocycles. The average Bonchev–Trinajstić information content (AvgIpc) is 2.47. The lowest BCUT2D eigenvalue weighted by Gasteiger charge is -2.37. The molecule has 2 rings (SSSR count). The molecule has 1 fully saturated rings. The van der Waals surface area contributed by atoms with Crippen molar-refractivity contribution in [3.05, 3.63) is 45.3 Å². The van der Waals surface area contributed by atoms with Crippen LogP contribution in [0, 0.1) is 5.92 Å². The van der Waals surface area contributed by atoms with E-state index in [0.29, 0.717) is 22.8 Å². The number of hydrogen-bond donors (Lipinski definition) is 3. The summed E-state index contributed by atoms with van der Waals surface area (Å²) in [5, 5.41) is 31.2. The number of hydrogen-bond acceptors (Lipinski definition) is 5.